The normalized spacial score (nSPS) is 11.8. The first-order valence-corrected chi connectivity index (χ1v) is 8.55. The van der Waals surface area contributed by atoms with Crippen LogP contribution in [0.3, 0.4) is 0 Å². The van der Waals surface area contributed by atoms with Gasteiger partial charge in [-0.3, -0.25) is 4.79 Å². The molecule has 0 saturated heterocycles. The first-order chi connectivity index (χ1) is 13.1. The predicted molar refractivity (Wildman–Crippen MR) is 98.9 cm³/mol. The Kier molecular flexibility index (Phi) is 6.11. The summed E-state index contributed by atoms with van der Waals surface area (Å²) in [5.74, 6) is 0.791. The zero-order valence-corrected chi connectivity index (χ0v) is 14.9. The van der Waals surface area contributed by atoms with E-state index in [2.05, 4.69) is 20.7 Å². The molecule has 0 saturated carbocycles. The number of tetrazole rings is 1. The number of rotatable bonds is 8. The number of nitrogens with one attached hydrogen (secondary N) is 1. The summed E-state index contributed by atoms with van der Waals surface area (Å²) in [6.07, 6.45) is 0.558. The van der Waals surface area contributed by atoms with E-state index in [0.717, 1.165) is 11.1 Å². The van der Waals surface area contributed by atoms with Crippen molar-refractivity contribution in [1.82, 2.24) is 25.5 Å². The molecule has 0 aliphatic rings. The molecule has 1 unspecified atom stereocenters. The van der Waals surface area contributed by atoms with Gasteiger partial charge in [-0.05, 0) is 41.5 Å². The van der Waals surface area contributed by atoms with Gasteiger partial charge in [-0.25, -0.2) is 0 Å². The Bertz CT molecular complexity index is 865. The summed E-state index contributed by atoms with van der Waals surface area (Å²) in [6.45, 7) is -0.269. The highest BCUT2D eigenvalue weighted by Gasteiger charge is 2.13. The SMILES string of the molecule is Cn1nnc(-c2ccc(OCC(=O)NC(CO)Cc3ccccc3)cc2)n1. The summed E-state index contributed by atoms with van der Waals surface area (Å²) in [6, 6.07) is 16.4. The molecule has 0 fully saturated rings. The molecule has 2 aromatic carbocycles. The van der Waals surface area contributed by atoms with E-state index in [1.54, 1.807) is 31.3 Å². The molecule has 1 amide bonds. The highest BCUT2D eigenvalue weighted by molar-refractivity contribution is 5.77. The van der Waals surface area contributed by atoms with Crippen LogP contribution in [0.25, 0.3) is 11.4 Å². The van der Waals surface area contributed by atoms with Crippen LogP contribution in [0.4, 0.5) is 0 Å². The summed E-state index contributed by atoms with van der Waals surface area (Å²) in [5.41, 5.74) is 1.86. The number of carbonyl (C=O) groups excluding carboxylic acids is 1. The fourth-order valence-corrected chi connectivity index (χ4v) is 2.58. The van der Waals surface area contributed by atoms with E-state index in [-0.39, 0.29) is 25.2 Å². The van der Waals surface area contributed by atoms with Crippen LogP contribution in [-0.2, 0) is 18.3 Å². The van der Waals surface area contributed by atoms with Crippen molar-refractivity contribution in [2.45, 2.75) is 12.5 Å². The van der Waals surface area contributed by atoms with E-state index in [4.69, 9.17) is 4.74 Å². The van der Waals surface area contributed by atoms with E-state index in [1.807, 2.05) is 30.3 Å². The maximum absolute atomic E-state index is 12.1. The van der Waals surface area contributed by atoms with Crippen molar-refractivity contribution in [1.29, 1.82) is 0 Å². The minimum Gasteiger partial charge on any atom is -0.484 e. The molecular weight excluding hydrogens is 346 g/mol. The van der Waals surface area contributed by atoms with Crippen LogP contribution in [0.1, 0.15) is 5.56 Å². The minimum atomic E-state index is -0.353. The predicted octanol–water partition coefficient (Wildman–Crippen LogP) is 0.976. The van der Waals surface area contributed by atoms with Crippen molar-refractivity contribution in [3.63, 3.8) is 0 Å². The lowest BCUT2D eigenvalue weighted by molar-refractivity contribution is -0.124. The second-order valence-corrected chi connectivity index (χ2v) is 6.05. The largest absolute Gasteiger partial charge is 0.484 e. The van der Waals surface area contributed by atoms with Crippen LogP contribution >= 0.6 is 0 Å². The number of carbonyl (C=O) groups is 1. The zero-order chi connectivity index (χ0) is 19.1. The lowest BCUT2D eigenvalue weighted by Crippen LogP contribution is -2.41. The maximum Gasteiger partial charge on any atom is 0.258 e. The summed E-state index contributed by atoms with van der Waals surface area (Å²) < 4.78 is 5.50. The number of amides is 1. The molecule has 0 bridgehead atoms. The minimum absolute atomic E-state index is 0.131. The molecule has 8 heteroatoms. The third kappa shape index (κ3) is 5.35. The van der Waals surface area contributed by atoms with Gasteiger partial charge in [0.15, 0.2) is 6.61 Å². The Morgan fingerprint density at radius 3 is 2.56 bits per heavy atom. The molecule has 1 atom stereocenters. The number of aromatic nitrogens is 4. The Morgan fingerprint density at radius 1 is 1.19 bits per heavy atom. The summed E-state index contributed by atoms with van der Waals surface area (Å²) in [7, 11) is 1.70. The average molecular weight is 367 g/mol. The highest BCUT2D eigenvalue weighted by atomic mass is 16.5. The van der Waals surface area contributed by atoms with Crippen LogP contribution in [0, 0.1) is 0 Å². The monoisotopic (exact) mass is 367 g/mol. The van der Waals surface area contributed by atoms with E-state index < -0.39 is 0 Å². The van der Waals surface area contributed by atoms with Crippen molar-refractivity contribution in [2.75, 3.05) is 13.2 Å². The molecule has 3 rings (SSSR count). The van der Waals surface area contributed by atoms with Crippen LogP contribution in [-0.4, -0.2) is 50.5 Å². The van der Waals surface area contributed by atoms with Gasteiger partial charge in [0.1, 0.15) is 5.75 Å². The second kappa shape index (κ2) is 8.91. The summed E-state index contributed by atoms with van der Waals surface area (Å²) in [5, 5.41) is 24.1. The van der Waals surface area contributed by atoms with Gasteiger partial charge in [-0.2, -0.15) is 4.80 Å². The van der Waals surface area contributed by atoms with E-state index in [1.165, 1.54) is 4.80 Å². The van der Waals surface area contributed by atoms with Crippen molar-refractivity contribution < 1.29 is 14.6 Å². The summed E-state index contributed by atoms with van der Waals surface area (Å²) in [4.78, 5) is 13.5. The Balaban J connectivity index is 1.49. The molecule has 2 N–H and O–H groups in total. The second-order valence-electron chi connectivity index (χ2n) is 6.05. The molecule has 0 aliphatic heterocycles. The van der Waals surface area contributed by atoms with Crippen molar-refractivity contribution in [3.05, 3.63) is 60.2 Å². The lowest BCUT2D eigenvalue weighted by Gasteiger charge is -2.16. The first kappa shape index (κ1) is 18.5. The molecule has 8 nitrogen and oxygen atoms in total. The topological polar surface area (TPSA) is 102 Å². The van der Waals surface area contributed by atoms with Gasteiger partial charge in [0.25, 0.3) is 5.91 Å². The number of hydrogen-bond acceptors (Lipinski definition) is 6. The van der Waals surface area contributed by atoms with Gasteiger partial charge in [0.2, 0.25) is 5.82 Å². The zero-order valence-electron chi connectivity index (χ0n) is 14.9. The van der Waals surface area contributed by atoms with Gasteiger partial charge in [-0.1, -0.05) is 30.3 Å². The molecule has 1 aromatic heterocycles. The number of aryl methyl sites for hydroxylation is 1. The Labute approximate surface area is 156 Å². The summed E-state index contributed by atoms with van der Waals surface area (Å²) >= 11 is 0. The molecule has 0 aliphatic carbocycles. The molecule has 3 aromatic rings. The van der Waals surface area contributed by atoms with E-state index >= 15 is 0 Å². The first-order valence-electron chi connectivity index (χ1n) is 8.55. The van der Waals surface area contributed by atoms with Crippen LogP contribution in [0.15, 0.2) is 54.6 Å². The van der Waals surface area contributed by atoms with Crippen LogP contribution in [0.5, 0.6) is 5.75 Å². The fraction of sp³-hybridized carbons (Fsp3) is 0.263. The van der Waals surface area contributed by atoms with Gasteiger partial charge >= 0.3 is 0 Å². The molecule has 1 heterocycles. The molecule has 0 spiro atoms. The Hall–Kier alpha value is -3.26. The molecule has 27 heavy (non-hydrogen) atoms. The van der Waals surface area contributed by atoms with Gasteiger partial charge in [0.05, 0.1) is 19.7 Å². The van der Waals surface area contributed by atoms with Crippen LogP contribution in [0.2, 0.25) is 0 Å². The molecule has 140 valence electrons. The number of benzene rings is 2. The van der Waals surface area contributed by atoms with Crippen molar-refractivity contribution in [2.24, 2.45) is 7.05 Å². The van der Waals surface area contributed by atoms with E-state index in [9.17, 15) is 9.90 Å². The number of nitrogens with zero attached hydrogens (tertiary/aromatic N) is 4. The third-order valence-corrected chi connectivity index (χ3v) is 3.90. The smallest absolute Gasteiger partial charge is 0.258 e. The average Bonchev–Trinajstić information content (AvgIpc) is 3.13. The maximum atomic E-state index is 12.1. The van der Waals surface area contributed by atoms with E-state index in [0.29, 0.717) is 18.0 Å². The quantitative estimate of drug-likeness (QED) is 0.615. The standard InChI is InChI=1S/C19H21N5O3/c1-24-22-19(21-23-24)15-7-9-17(10-8-15)27-13-18(26)20-16(12-25)11-14-5-3-2-4-6-14/h2-10,16,25H,11-13H2,1H3,(H,20,26). The fourth-order valence-electron chi connectivity index (χ4n) is 2.58. The number of hydrogen-bond donors (Lipinski definition) is 2. The number of ether oxygens (including phenoxy) is 1. The van der Waals surface area contributed by atoms with Crippen molar-refractivity contribution >= 4 is 5.91 Å². The number of aliphatic hydroxyl groups excluding tert-OH is 1. The van der Waals surface area contributed by atoms with Gasteiger partial charge < -0.3 is 15.2 Å². The molecule has 0 radical (unpaired) electrons. The Morgan fingerprint density at radius 2 is 1.93 bits per heavy atom. The highest BCUT2D eigenvalue weighted by Crippen LogP contribution is 2.18. The lowest BCUT2D eigenvalue weighted by atomic mass is 10.1. The van der Waals surface area contributed by atoms with Gasteiger partial charge in [0, 0.05) is 5.56 Å². The molecular formula is C19H21N5O3. The van der Waals surface area contributed by atoms with Gasteiger partial charge in [-0.15, -0.1) is 10.2 Å². The van der Waals surface area contributed by atoms with Crippen molar-refractivity contribution in [3.8, 4) is 17.1 Å². The third-order valence-electron chi connectivity index (χ3n) is 3.90. The number of aliphatic hydroxyl groups is 1. The van der Waals surface area contributed by atoms with Crippen LogP contribution < -0.4 is 10.1 Å².